The van der Waals surface area contributed by atoms with Crippen LogP contribution in [0.5, 0.6) is 5.75 Å². The average molecular weight is 320 g/mol. The lowest BCUT2D eigenvalue weighted by molar-refractivity contribution is 0.0976. The van der Waals surface area contributed by atoms with Crippen LogP contribution in [0.2, 0.25) is 0 Å². The lowest BCUT2D eigenvalue weighted by Gasteiger charge is -2.11. The van der Waals surface area contributed by atoms with Gasteiger partial charge in [0.05, 0.1) is 18.4 Å². The molecule has 1 amide bonds. The molecule has 1 aromatic heterocycles. The van der Waals surface area contributed by atoms with Gasteiger partial charge in [-0.05, 0) is 30.9 Å². The number of benzene rings is 1. The van der Waals surface area contributed by atoms with Crippen molar-refractivity contribution in [3.05, 3.63) is 36.0 Å². The molecule has 6 nitrogen and oxygen atoms in total. The van der Waals surface area contributed by atoms with Crippen molar-refractivity contribution in [2.75, 3.05) is 12.9 Å². The Morgan fingerprint density at radius 3 is 2.77 bits per heavy atom. The fourth-order valence-corrected chi connectivity index (χ4v) is 2.53. The van der Waals surface area contributed by atoms with Crippen molar-refractivity contribution in [2.45, 2.75) is 12.8 Å². The van der Waals surface area contributed by atoms with E-state index in [4.69, 9.17) is 4.74 Å². The van der Waals surface area contributed by atoms with Gasteiger partial charge in [-0.25, -0.2) is 18.1 Å². The molecular formula is C15H16N2O4S. The molecule has 0 spiro atoms. The van der Waals surface area contributed by atoms with Crippen molar-refractivity contribution in [2.24, 2.45) is 5.92 Å². The second kappa shape index (κ2) is 5.57. The number of ether oxygens (including phenoxy) is 1. The van der Waals surface area contributed by atoms with Crippen LogP contribution in [0.1, 0.15) is 23.3 Å². The predicted octanol–water partition coefficient (Wildman–Crippen LogP) is 1.71. The van der Waals surface area contributed by atoms with Crippen LogP contribution < -0.4 is 9.46 Å². The third-order valence-corrected chi connectivity index (χ3v) is 3.92. The van der Waals surface area contributed by atoms with Gasteiger partial charge in [-0.2, -0.15) is 0 Å². The second-order valence-corrected chi connectivity index (χ2v) is 7.23. The number of nitrogens with zero attached hydrogens (tertiary/aromatic N) is 1. The first kappa shape index (κ1) is 14.8. The maximum atomic E-state index is 12.0. The largest absolute Gasteiger partial charge is 0.493 e. The minimum Gasteiger partial charge on any atom is -0.493 e. The second-order valence-electron chi connectivity index (χ2n) is 5.48. The minimum atomic E-state index is -3.63. The molecule has 0 aliphatic heterocycles. The number of hydrogen-bond donors (Lipinski definition) is 1. The first-order valence-corrected chi connectivity index (χ1v) is 8.86. The molecule has 7 heteroatoms. The Kier molecular flexibility index (Phi) is 3.74. The molecule has 1 fully saturated rings. The highest BCUT2D eigenvalue weighted by atomic mass is 32.2. The molecule has 116 valence electrons. The molecule has 1 aromatic carbocycles. The summed E-state index contributed by atoms with van der Waals surface area (Å²) in [6.45, 7) is 0.598. The summed E-state index contributed by atoms with van der Waals surface area (Å²) in [5, 5.41) is 0.805. The van der Waals surface area contributed by atoms with Crippen LogP contribution >= 0.6 is 0 Å². The Balaban J connectivity index is 1.97. The maximum absolute atomic E-state index is 12.0. The maximum Gasteiger partial charge on any atom is 0.283 e. The number of fused-ring (bicyclic) bond motifs is 1. The van der Waals surface area contributed by atoms with Crippen molar-refractivity contribution >= 4 is 26.8 Å². The van der Waals surface area contributed by atoms with Gasteiger partial charge in [-0.1, -0.05) is 12.1 Å². The highest BCUT2D eigenvalue weighted by molar-refractivity contribution is 7.89. The Hall–Kier alpha value is -2.15. The summed E-state index contributed by atoms with van der Waals surface area (Å²) in [5.41, 5.74) is 0.615. The van der Waals surface area contributed by atoms with Crippen molar-refractivity contribution in [1.29, 1.82) is 0 Å². The van der Waals surface area contributed by atoms with Crippen LogP contribution in [-0.2, 0) is 10.0 Å². The molecule has 0 atom stereocenters. The van der Waals surface area contributed by atoms with Gasteiger partial charge < -0.3 is 4.74 Å². The van der Waals surface area contributed by atoms with Crippen LogP contribution in [0.4, 0.5) is 0 Å². The molecule has 1 aliphatic rings. The number of carbonyl (C=O) groups is 1. The summed E-state index contributed by atoms with van der Waals surface area (Å²) in [6.07, 6.45) is 3.24. The molecule has 1 heterocycles. The SMILES string of the molecule is CS(=O)(=O)NC(=O)c1cc(OCC2CC2)c2ccccc2n1. The molecule has 0 unspecified atom stereocenters. The Morgan fingerprint density at radius 2 is 2.09 bits per heavy atom. The van der Waals surface area contributed by atoms with E-state index in [9.17, 15) is 13.2 Å². The summed E-state index contributed by atoms with van der Waals surface area (Å²) in [5.74, 6) is 0.362. The van der Waals surface area contributed by atoms with E-state index in [1.807, 2.05) is 16.9 Å². The van der Waals surface area contributed by atoms with E-state index in [0.29, 0.717) is 23.8 Å². The molecule has 1 aliphatic carbocycles. The number of sulfonamides is 1. The lowest BCUT2D eigenvalue weighted by Crippen LogP contribution is -2.30. The first-order valence-electron chi connectivity index (χ1n) is 6.97. The van der Waals surface area contributed by atoms with Crippen molar-refractivity contribution in [1.82, 2.24) is 9.71 Å². The molecule has 0 radical (unpaired) electrons. The zero-order chi connectivity index (χ0) is 15.7. The van der Waals surface area contributed by atoms with Gasteiger partial charge in [0.15, 0.2) is 0 Å². The van der Waals surface area contributed by atoms with E-state index >= 15 is 0 Å². The van der Waals surface area contributed by atoms with Crippen molar-refractivity contribution < 1.29 is 17.9 Å². The van der Waals surface area contributed by atoms with Gasteiger partial charge in [0.2, 0.25) is 10.0 Å². The smallest absolute Gasteiger partial charge is 0.283 e. The van der Waals surface area contributed by atoms with Gasteiger partial charge in [0, 0.05) is 11.5 Å². The highest BCUT2D eigenvalue weighted by Crippen LogP contribution is 2.32. The summed E-state index contributed by atoms with van der Waals surface area (Å²) in [6, 6.07) is 8.78. The van der Waals surface area contributed by atoms with E-state index in [0.717, 1.165) is 24.5 Å². The molecule has 2 aromatic rings. The summed E-state index contributed by atoms with van der Waals surface area (Å²) in [7, 11) is -3.63. The molecule has 3 rings (SSSR count). The molecule has 1 N–H and O–H groups in total. The van der Waals surface area contributed by atoms with E-state index in [-0.39, 0.29) is 5.69 Å². The summed E-state index contributed by atoms with van der Waals surface area (Å²) >= 11 is 0. The van der Waals surface area contributed by atoms with Gasteiger partial charge in [-0.15, -0.1) is 0 Å². The quantitative estimate of drug-likeness (QED) is 0.906. The lowest BCUT2D eigenvalue weighted by atomic mass is 10.2. The highest BCUT2D eigenvalue weighted by Gasteiger charge is 2.23. The first-order chi connectivity index (χ1) is 10.4. The number of rotatable bonds is 5. The van der Waals surface area contributed by atoms with E-state index in [1.54, 1.807) is 12.1 Å². The monoisotopic (exact) mass is 320 g/mol. The van der Waals surface area contributed by atoms with E-state index in [2.05, 4.69) is 4.98 Å². The van der Waals surface area contributed by atoms with Gasteiger partial charge >= 0.3 is 0 Å². The van der Waals surface area contributed by atoms with Crippen LogP contribution in [0.15, 0.2) is 30.3 Å². The molecule has 0 bridgehead atoms. The zero-order valence-corrected chi connectivity index (χ0v) is 12.9. The van der Waals surface area contributed by atoms with Crippen molar-refractivity contribution in [3.63, 3.8) is 0 Å². The van der Waals surface area contributed by atoms with Gasteiger partial charge in [0.1, 0.15) is 11.4 Å². The minimum absolute atomic E-state index is 0.0231. The van der Waals surface area contributed by atoms with Crippen LogP contribution in [0, 0.1) is 5.92 Å². The Morgan fingerprint density at radius 1 is 1.36 bits per heavy atom. The van der Waals surface area contributed by atoms with Crippen LogP contribution in [0.25, 0.3) is 10.9 Å². The number of amides is 1. The topological polar surface area (TPSA) is 85.4 Å². The molecule has 22 heavy (non-hydrogen) atoms. The average Bonchev–Trinajstić information content (AvgIpc) is 3.26. The Bertz CT molecular complexity index is 829. The van der Waals surface area contributed by atoms with Gasteiger partial charge in [-0.3, -0.25) is 4.79 Å². The summed E-state index contributed by atoms with van der Waals surface area (Å²) < 4.78 is 30.1. The fraction of sp³-hybridized carbons (Fsp3) is 0.333. The number of carbonyl (C=O) groups excluding carboxylic acids is 1. The third kappa shape index (κ3) is 3.54. The zero-order valence-electron chi connectivity index (χ0n) is 12.1. The summed E-state index contributed by atoms with van der Waals surface area (Å²) in [4.78, 5) is 16.2. The molecule has 1 saturated carbocycles. The Labute approximate surface area is 128 Å². The number of aromatic nitrogens is 1. The molecular weight excluding hydrogens is 304 g/mol. The van der Waals surface area contributed by atoms with Crippen LogP contribution in [0.3, 0.4) is 0 Å². The number of nitrogens with one attached hydrogen (secondary N) is 1. The fourth-order valence-electron chi connectivity index (χ4n) is 2.09. The number of hydrogen-bond acceptors (Lipinski definition) is 5. The van der Waals surface area contributed by atoms with Gasteiger partial charge in [0.25, 0.3) is 5.91 Å². The standard InChI is InChI=1S/C15H16N2O4S/c1-22(19,20)17-15(18)13-8-14(21-9-10-6-7-10)11-4-2-3-5-12(11)16-13/h2-5,8,10H,6-7,9H2,1H3,(H,17,18). The van der Waals surface area contributed by atoms with Crippen molar-refractivity contribution in [3.8, 4) is 5.75 Å². The van der Waals surface area contributed by atoms with Crippen LogP contribution in [-0.4, -0.2) is 32.2 Å². The normalized spacial score (nSPS) is 14.8. The van der Waals surface area contributed by atoms with E-state index in [1.165, 1.54) is 6.07 Å². The predicted molar refractivity (Wildman–Crippen MR) is 82.3 cm³/mol. The third-order valence-electron chi connectivity index (χ3n) is 3.36. The molecule has 0 saturated heterocycles. The number of pyridine rings is 1. The number of para-hydroxylation sites is 1. The van der Waals surface area contributed by atoms with E-state index < -0.39 is 15.9 Å².